The molecule has 0 fully saturated rings. The van der Waals surface area contributed by atoms with Crippen molar-refractivity contribution in [1.29, 1.82) is 0 Å². The molecule has 0 radical (unpaired) electrons. The molecule has 0 amide bonds. The van der Waals surface area contributed by atoms with Crippen LogP contribution in [0.2, 0.25) is 0 Å². The lowest BCUT2D eigenvalue weighted by Gasteiger charge is -2.19. The van der Waals surface area contributed by atoms with Crippen LogP contribution < -0.4 is 0 Å². The van der Waals surface area contributed by atoms with Crippen molar-refractivity contribution < 1.29 is 13.9 Å². The van der Waals surface area contributed by atoms with Crippen LogP contribution in [0.25, 0.3) is 0 Å². The van der Waals surface area contributed by atoms with Crippen LogP contribution >= 0.6 is 0 Å². The van der Waals surface area contributed by atoms with Crippen molar-refractivity contribution in [2.24, 2.45) is 0 Å². The van der Waals surface area contributed by atoms with Gasteiger partial charge in [0.15, 0.2) is 5.60 Å². The van der Waals surface area contributed by atoms with Crippen molar-refractivity contribution >= 4 is 5.97 Å². The third kappa shape index (κ3) is 1.03. The van der Waals surface area contributed by atoms with E-state index in [9.17, 15) is 9.18 Å². The quantitative estimate of drug-likeness (QED) is 0.618. The fraction of sp³-hybridized carbons (Fsp3) is 0.300. The smallest absolute Gasteiger partial charge is 0.339 e. The summed E-state index contributed by atoms with van der Waals surface area (Å²) in [5.41, 5.74) is 0.0402. The lowest BCUT2D eigenvalue weighted by Crippen LogP contribution is -2.24. The number of ether oxygens (including phenoxy) is 1. The molecule has 1 heterocycles. The third-order valence-electron chi connectivity index (χ3n) is 2.29. The minimum absolute atomic E-state index is 0.434. The minimum atomic E-state index is -1.08. The SMILES string of the molecule is CC1(CF)OC(=O)c2ccccc21. The summed E-state index contributed by atoms with van der Waals surface area (Å²) in [6.07, 6.45) is 0. The number of rotatable bonds is 1. The van der Waals surface area contributed by atoms with E-state index in [-0.39, 0.29) is 0 Å². The van der Waals surface area contributed by atoms with Gasteiger partial charge >= 0.3 is 5.97 Å². The Labute approximate surface area is 75.3 Å². The van der Waals surface area contributed by atoms with Crippen LogP contribution in [0.15, 0.2) is 24.3 Å². The molecule has 13 heavy (non-hydrogen) atoms. The fourth-order valence-corrected chi connectivity index (χ4v) is 1.54. The Hall–Kier alpha value is -1.38. The van der Waals surface area contributed by atoms with Gasteiger partial charge < -0.3 is 4.74 Å². The van der Waals surface area contributed by atoms with Crippen LogP contribution in [-0.2, 0) is 10.3 Å². The van der Waals surface area contributed by atoms with Gasteiger partial charge in [0.25, 0.3) is 0 Å². The molecular formula is C10H9FO2. The molecule has 0 aliphatic carbocycles. The molecule has 3 heteroatoms. The molecule has 1 aromatic rings. The molecule has 2 rings (SSSR count). The van der Waals surface area contributed by atoms with E-state index in [0.717, 1.165) is 0 Å². The summed E-state index contributed by atoms with van der Waals surface area (Å²) in [7, 11) is 0. The van der Waals surface area contributed by atoms with Gasteiger partial charge in [-0.2, -0.15) is 0 Å². The number of benzene rings is 1. The summed E-state index contributed by atoms with van der Waals surface area (Å²) >= 11 is 0. The van der Waals surface area contributed by atoms with Crippen molar-refractivity contribution in [3.63, 3.8) is 0 Å². The highest BCUT2D eigenvalue weighted by molar-refractivity contribution is 5.94. The zero-order valence-electron chi connectivity index (χ0n) is 7.21. The Bertz CT molecular complexity index is 362. The Morgan fingerprint density at radius 1 is 1.46 bits per heavy atom. The summed E-state index contributed by atoms with van der Waals surface area (Å²) in [5, 5.41) is 0. The van der Waals surface area contributed by atoms with Gasteiger partial charge in [-0.15, -0.1) is 0 Å². The highest BCUT2D eigenvalue weighted by Crippen LogP contribution is 2.36. The summed E-state index contributed by atoms with van der Waals surface area (Å²) in [6.45, 7) is 0.895. The Balaban J connectivity index is 2.59. The van der Waals surface area contributed by atoms with E-state index >= 15 is 0 Å². The predicted octanol–water partition coefficient (Wildman–Crippen LogP) is 2.04. The molecule has 2 nitrogen and oxygen atoms in total. The van der Waals surface area contributed by atoms with Crippen LogP contribution in [-0.4, -0.2) is 12.6 Å². The number of alkyl halides is 1. The first-order valence-electron chi connectivity index (χ1n) is 4.06. The number of esters is 1. The van der Waals surface area contributed by atoms with Crippen LogP contribution in [0.4, 0.5) is 4.39 Å². The average molecular weight is 180 g/mol. The number of hydrogen-bond donors (Lipinski definition) is 0. The maximum Gasteiger partial charge on any atom is 0.339 e. The van der Waals surface area contributed by atoms with Gasteiger partial charge in [0.2, 0.25) is 0 Å². The molecule has 0 saturated heterocycles. The normalized spacial score (nSPS) is 25.5. The lowest BCUT2D eigenvalue weighted by molar-refractivity contribution is -0.0106. The summed E-state index contributed by atoms with van der Waals surface area (Å²) in [5.74, 6) is -0.434. The van der Waals surface area contributed by atoms with Crippen molar-refractivity contribution in [1.82, 2.24) is 0 Å². The molecule has 0 spiro atoms. The number of fused-ring (bicyclic) bond motifs is 1. The highest BCUT2D eigenvalue weighted by Gasteiger charge is 2.41. The second kappa shape index (κ2) is 2.55. The van der Waals surface area contributed by atoms with E-state index in [2.05, 4.69) is 0 Å². The molecule has 1 aliphatic rings. The molecule has 0 saturated carbocycles. The second-order valence-corrected chi connectivity index (χ2v) is 3.30. The summed E-state index contributed by atoms with van der Waals surface area (Å²) < 4.78 is 17.6. The molecular weight excluding hydrogens is 171 g/mol. The topological polar surface area (TPSA) is 26.3 Å². The van der Waals surface area contributed by atoms with Gasteiger partial charge in [-0.3, -0.25) is 0 Å². The molecule has 0 N–H and O–H groups in total. The van der Waals surface area contributed by atoms with Gasteiger partial charge in [-0.25, -0.2) is 9.18 Å². The number of cyclic esters (lactones) is 1. The Morgan fingerprint density at radius 3 is 2.85 bits per heavy atom. The molecule has 0 aromatic heterocycles. The zero-order chi connectivity index (χ0) is 9.47. The van der Waals surface area contributed by atoms with E-state index in [1.165, 1.54) is 0 Å². The van der Waals surface area contributed by atoms with Crippen LogP contribution in [0, 0.1) is 0 Å². The van der Waals surface area contributed by atoms with Crippen molar-refractivity contribution in [3.8, 4) is 0 Å². The number of carbonyl (C=O) groups excluding carboxylic acids is 1. The van der Waals surface area contributed by atoms with Gasteiger partial charge in [0.05, 0.1) is 5.56 Å². The Kier molecular flexibility index (Phi) is 1.62. The minimum Gasteiger partial charge on any atom is -0.448 e. The highest BCUT2D eigenvalue weighted by atomic mass is 19.1. The number of halogens is 1. The fourth-order valence-electron chi connectivity index (χ4n) is 1.54. The van der Waals surface area contributed by atoms with Crippen molar-refractivity contribution in [2.45, 2.75) is 12.5 Å². The van der Waals surface area contributed by atoms with E-state index in [0.29, 0.717) is 11.1 Å². The molecule has 68 valence electrons. The van der Waals surface area contributed by atoms with E-state index < -0.39 is 18.2 Å². The van der Waals surface area contributed by atoms with E-state index in [1.807, 2.05) is 0 Å². The molecule has 0 bridgehead atoms. The summed E-state index contributed by atoms with van der Waals surface area (Å²) in [6, 6.07) is 6.89. The molecule has 1 aromatic carbocycles. The molecule has 1 aliphatic heterocycles. The van der Waals surface area contributed by atoms with Gasteiger partial charge in [-0.1, -0.05) is 18.2 Å². The van der Waals surface area contributed by atoms with Gasteiger partial charge in [0, 0.05) is 5.56 Å². The zero-order valence-corrected chi connectivity index (χ0v) is 7.21. The average Bonchev–Trinajstić information content (AvgIpc) is 2.42. The Morgan fingerprint density at radius 2 is 2.15 bits per heavy atom. The van der Waals surface area contributed by atoms with Crippen LogP contribution in [0.1, 0.15) is 22.8 Å². The van der Waals surface area contributed by atoms with Crippen LogP contribution in [0.5, 0.6) is 0 Å². The molecule has 1 atom stereocenters. The largest absolute Gasteiger partial charge is 0.448 e. The number of carbonyl (C=O) groups is 1. The predicted molar refractivity (Wildman–Crippen MR) is 45.2 cm³/mol. The molecule has 1 unspecified atom stereocenters. The van der Waals surface area contributed by atoms with E-state index in [4.69, 9.17) is 4.74 Å². The van der Waals surface area contributed by atoms with Crippen molar-refractivity contribution in [2.75, 3.05) is 6.67 Å². The van der Waals surface area contributed by atoms with Gasteiger partial charge in [-0.05, 0) is 13.0 Å². The second-order valence-electron chi connectivity index (χ2n) is 3.30. The first kappa shape index (κ1) is 8.23. The lowest BCUT2D eigenvalue weighted by atomic mass is 9.96. The summed E-state index contributed by atoms with van der Waals surface area (Å²) in [4.78, 5) is 11.3. The maximum atomic E-state index is 12.7. The third-order valence-corrected chi connectivity index (χ3v) is 2.29. The standard InChI is InChI=1S/C10H9FO2/c1-10(6-11)8-5-3-2-4-7(8)9(12)13-10/h2-5H,6H2,1H3. The van der Waals surface area contributed by atoms with Crippen LogP contribution in [0.3, 0.4) is 0 Å². The van der Waals surface area contributed by atoms with Gasteiger partial charge in [0.1, 0.15) is 6.67 Å². The first-order chi connectivity index (χ1) is 6.17. The first-order valence-corrected chi connectivity index (χ1v) is 4.06. The maximum absolute atomic E-state index is 12.7. The van der Waals surface area contributed by atoms with E-state index in [1.54, 1.807) is 31.2 Å². The monoisotopic (exact) mass is 180 g/mol. The number of hydrogen-bond acceptors (Lipinski definition) is 2. The van der Waals surface area contributed by atoms with Crippen molar-refractivity contribution in [3.05, 3.63) is 35.4 Å².